The van der Waals surface area contributed by atoms with Gasteiger partial charge in [0.05, 0.1) is 4.92 Å². The standard InChI is InChI=1S/C19H19NO5.Ac/c1-11-7-16(18(22)9-12(11)2)6-5-15-10-19(25-14(4)21)17(20(23)24)8-13(15)3;/h5-10,22H,1-4H3;/b6-5+;. The summed E-state index contributed by atoms with van der Waals surface area (Å²) in [5, 5.41) is 21.2. The van der Waals surface area contributed by atoms with E-state index in [-0.39, 0.29) is 61.2 Å². The van der Waals surface area contributed by atoms with Gasteiger partial charge in [-0.15, -0.1) is 0 Å². The predicted molar refractivity (Wildman–Crippen MR) is 95.7 cm³/mol. The van der Waals surface area contributed by atoms with E-state index in [1.54, 1.807) is 25.1 Å². The SMILES string of the molecule is CC(=O)Oc1cc(/C=C/c2cc(C)c(C)cc2O)c(C)cc1[N+](=O)[O-].[Ac]. The van der Waals surface area contributed by atoms with E-state index in [1.165, 1.54) is 19.1 Å². The summed E-state index contributed by atoms with van der Waals surface area (Å²) in [6.45, 7) is 6.77. The van der Waals surface area contributed by atoms with Crippen molar-refractivity contribution in [2.45, 2.75) is 27.7 Å². The van der Waals surface area contributed by atoms with E-state index in [2.05, 4.69) is 0 Å². The quantitative estimate of drug-likeness (QED) is 0.195. The molecule has 0 saturated carbocycles. The first-order valence-electron chi connectivity index (χ1n) is 7.64. The Morgan fingerprint density at radius 1 is 1.04 bits per heavy atom. The number of rotatable bonds is 4. The van der Waals surface area contributed by atoms with E-state index in [0.717, 1.165) is 11.1 Å². The second-order valence-electron chi connectivity index (χ2n) is 5.86. The van der Waals surface area contributed by atoms with Crippen LogP contribution in [0.5, 0.6) is 11.5 Å². The largest absolute Gasteiger partial charge is 0.507 e. The molecule has 0 heterocycles. The summed E-state index contributed by atoms with van der Waals surface area (Å²) in [6.07, 6.45) is 3.43. The Kier molecular flexibility index (Phi) is 7.98. The molecule has 7 heteroatoms. The van der Waals surface area contributed by atoms with Crippen LogP contribution in [0.3, 0.4) is 0 Å². The molecule has 0 unspecified atom stereocenters. The Morgan fingerprint density at radius 3 is 2.19 bits per heavy atom. The number of nitro benzene ring substituents is 1. The minimum Gasteiger partial charge on any atom is -0.507 e. The Bertz CT molecular complexity index is 890. The summed E-state index contributed by atoms with van der Waals surface area (Å²) in [5.41, 5.74) is 3.70. The summed E-state index contributed by atoms with van der Waals surface area (Å²) in [5.74, 6) is -0.583. The van der Waals surface area contributed by atoms with Crippen molar-refractivity contribution in [2.24, 2.45) is 0 Å². The van der Waals surface area contributed by atoms with Gasteiger partial charge in [-0.2, -0.15) is 0 Å². The van der Waals surface area contributed by atoms with E-state index in [0.29, 0.717) is 16.7 Å². The molecule has 2 aromatic carbocycles. The maximum absolute atomic E-state index is 11.2. The second-order valence-corrected chi connectivity index (χ2v) is 5.86. The third kappa shape index (κ3) is 5.39. The molecule has 133 valence electrons. The number of hydrogen-bond acceptors (Lipinski definition) is 5. The number of benzene rings is 2. The first-order valence-corrected chi connectivity index (χ1v) is 7.64. The van der Waals surface area contributed by atoms with Crippen LogP contribution in [0.4, 0.5) is 5.69 Å². The van der Waals surface area contributed by atoms with Crippen LogP contribution in [0.1, 0.15) is 34.7 Å². The van der Waals surface area contributed by atoms with Gasteiger partial charge in [0.15, 0.2) is 0 Å². The summed E-state index contributed by atoms with van der Waals surface area (Å²) in [7, 11) is 0. The zero-order valence-electron chi connectivity index (χ0n) is 15.1. The Hall–Kier alpha value is -1.71. The molecular weight excluding hydrogens is 549 g/mol. The monoisotopic (exact) mass is 568 g/mol. The number of carbonyl (C=O) groups is 1. The van der Waals surface area contributed by atoms with Crippen molar-refractivity contribution in [3.63, 3.8) is 0 Å². The van der Waals surface area contributed by atoms with Crippen LogP contribution in [-0.4, -0.2) is 16.0 Å². The fourth-order valence-corrected chi connectivity index (χ4v) is 2.38. The average Bonchev–Trinajstić information content (AvgIpc) is 2.51. The normalized spacial score (nSPS) is 10.5. The molecule has 0 aromatic heterocycles. The number of esters is 1. The van der Waals surface area contributed by atoms with E-state index in [4.69, 9.17) is 4.74 Å². The zero-order chi connectivity index (χ0) is 18.7. The van der Waals surface area contributed by atoms with Gasteiger partial charge in [0.2, 0.25) is 5.75 Å². The molecule has 2 aromatic rings. The van der Waals surface area contributed by atoms with Crippen LogP contribution in [-0.2, 0) is 4.79 Å². The molecule has 0 saturated heterocycles. The van der Waals surface area contributed by atoms with Gasteiger partial charge in [-0.1, -0.05) is 12.2 Å². The number of phenols is 1. The number of phenolic OH excluding ortho intramolecular Hbond substituents is 1. The third-order valence-electron chi connectivity index (χ3n) is 3.88. The van der Waals surface area contributed by atoms with Gasteiger partial charge in [0, 0.05) is 62.6 Å². The molecule has 6 nitrogen and oxygen atoms in total. The van der Waals surface area contributed by atoms with E-state index in [1.807, 2.05) is 19.9 Å². The summed E-state index contributed by atoms with van der Waals surface area (Å²) in [4.78, 5) is 21.7. The van der Waals surface area contributed by atoms with Gasteiger partial charge in [0.25, 0.3) is 0 Å². The minimum absolute atomic E-state index is 0. The third-order valence-corrected chi connectivity index (χ3v) is 3.88. The van der Waals surface area contributed by atoms with Crippen molar-refractivity contribution in [1.29, 1.82) is 0 Å². The molecular formula is C19H19AcNO5. The fourth-order valence-electron chi connectivity index (χ4n) is 2.38. The van der Waals surface area contributed by atoms with Crippen molar-refractivity contribution < 1.29 is 63.6 Å². The van der Waals surface area contributed by atoms with Crippen LogP contribution < -0.4 is 4.74 Å². The number of aryl methyl sites for hydroxylation is 3. The molecule has 1 radical (unpaired) electrons. The number of nitrogens with zero attached hydrogens (tertiary/aromatic N) is 1. The van der Waals surface area contributed by atoms with Crippen LogP contribution in [0, 0.1) is 74.9 Å². The van der Waals surface area contributed by atoms with Gasteiger partial charge in [0.1, 0.15) is 5.75 Å². The summed E-state index contributed by atoms with van der Waals surface area (Å²) < 4.78 is 4.95. The average molecular weight is 568 g/mol. The molecule has 0 fully saturated rings. The number of hydrogen-bond donors (Lipinski definition) is 1. The first-order chi connectivity index (χ1) is 11.7. The number of nitro groups is 1. The van der Waals surface area contributed by atoms with Gasteiger partial charge in [-0.25, -0.2) is 0 Å². The topological polar surface area (TPSA) is 89.7 Å². The number of ether oxygens (including phenoxy) is 1. The molecule has 0 aliphatic rings. The van der Waals surface area contributed by atoms with E-state index < -0.39 is 10.9 Å². The van der Waals surface area contributed by atoms with Crippen LogP contribution in [0.15, 0.2) is 24.3 Å². The maximum atomic E-state index is 11.2. The minimum atomic E-state index is -0.631. The van der Waals surface area contributed by atoms with Gasteiger partial charge < -0.3 is 9.84 Å². The van der Waals surface area contributed by atoms with Crippen LogP contribution in [0.2, 0.25) is 0 Å². The maximum Gasteiger partial charge on any atom is 0.311 e. The molecule has 26 heavy (non-hydrogen) atoms. The first kappa shape index (κ1) is 22.3. The summed E-state index contributed by atoms with van der Waals surface area (Å²) >= 11 is 0. The van der Waals surface area contributed by atoms with Crippen LogP contribution >= 0.6 is 0 Å². The van der Waals surface area contributed by atoms with Crippen molar-refractivity contribution in [2.75, 3.05) is 0 Å². The van der Waals surface area contributed by atoms with Gasteiger partial charge >= 0.3 is 11.7 Å². The van der Waals surface area contributed by atoms with E-state index in [9.17, 15) is 20.0 Å². The molecule has 0 aliphatic heterocycles. The van der Waals surface area contributed by atoms with Crippen molar-refractivity contribution in [1.82, 2.24) is 0 Å². The van der Waals surface area contributed by atoms with E-state index >= 15 is 0 Å². The van der Waals surface area contributed by atoms with Crippen molar-refractivity contribution in [3.8, 4) is 11.5 Å². The second kappa shape index (κ2) is 9.29. The van der Waals surface area contributed by atoms with Crippen LogP contribution in [0.25, 0.3) is 12.2 Å². The molecule has 0 amide bonds. The zero-order valence-corrected chi connectivity index (χ0v) is 19.8. The molecule has 2 rings (SSSR count). The summed E-state index contributed by atoms with van der Waals surface area (Å²) in [6, 6.07) is 6.35. The fraction of sp³-hybridized carbons (Fsp3) is 0.211. The number of aromatic hydroxyl groups is 1. The van der Waals surface area contributed by atoms with Gasteiger partial charge in [-0.3, -0.25) is 14.9 Å². The smallest absolute Gasteiger partial charge is 0.311 e. The molecule has 0 bridgehead atoms. The Balaban J connectivity index is 0.00000338. The molecule has 1 N–H and O–H groups in total. The molecule has 0 atom stereocenters. The molecule has 0 aliphatic carbocycles. The predicted octanol–water partition coefficient (Wildman–Crippen LogP) is 4.32. The number of carbonyl (C=O) groups excluding carboxylic acids is 1. The Labute approximate surface area is 187 Å². The van der Waals surface area contributed by atoms with Crippen molar-refractivity contribution >= 4 is 23.8 Å². The van der Waals surface area contributed by atoms with Gasteiger partial charge in [-0.05, 0) is 61.2 Å². The van der Waals surface area contributed by atoms with Crippen molar-refractivity contribution in [3.05, 3.63) is 62.2 Å². The Morgan fingerprint density at radius 2 is 1.62 bits per heavy atom. The molecule has 0 spiro atoms.